The molecule has 5 heteroatoms. The zero-order valence-electron chi connectivity index (χ0n) is 10.6. The molecule has 2 aromatic rings. The summed E-state index contributed by atoms with van der Waals surface area (Å²) in [6.45, 7) is 1.95. The highest BCUT2D eigenvalue weighted by Gasteiger charge is 2.19. The van der Waals surface area contributed by atoms with Gasteiger partial charge >= 0.3 is 0 Å². The molecule has 0 spiro atoms. The van der Waals surface area contributed by atoms with E-state index in [4.69, 9.17) is 5.73 Å². The smallest absolute Gasteiger partial charge is 0.151 e. The molecule has 1 unspecified atom stereocenters. The molecule has 4 nitrogen and oxygen atoms in total. The monoisotopic (exact) mass is 368 g/mol. The Bertz CT molecular complexity index is 549. The van der Waals surface area contributed by atoms with Crippen molar-refractivity contribution in [1.29, 1.82) is 0 Å². The van der Waals surface area contributed by atoms with E-state index in [0.717, 1.165) is 37.4 Å². The van der Waals surface area contributed by atoms with E-state index in [9.17, 15) is 0 Å². The van der Waals surface area contributed by atoms with Gasteiger partial charge in [0.1, 0.15) is 0 Å². The Balaban J connectivity index is 1.81. The summed E-state index contributed by atoms with van der Waals surface area (Å²) < 4.78 is 1.24. The fourth-order valence-electron chi connectivity index (χ4n) is 2.47. The van der Waals surface area contributed by atoms with Gasteiger partial charge in [0.2, 0.25) is 0 Å². The number of hydrogen-bond acceptors (Lipinski definition) is 3. The Labute approximate surface area is 126 Å². The van der Waals surface area contributed by atoms with Crippen LogP contribution in [0.5, 0.6) is 0 Å². The van der Waals surface area contributed by atoms with Gasteiger partial charge < -0.3 is 10.6 Å². The molecule has 3 N–H and O–H groups in total. The van der Waals surface area contributed by atoms with Crippen molar-refractivity contribution in [2.24, 2.45) is 5.73 Å². The van der Waals surface area contributed by atoms with Gasteiger partial charge in [-0.3, -0.25) is 5.10 Å². The standard InChI is InChI=1S/C14H17IN4/c15-11-5-3-10(4-6-11)13-8-14(18-17-13)19-7-1-2-12(16)9-19/h3-6,8,12H,1-2,7,9,16H2,(H,17,18). The molecule has 1 atom stereocenters. The van der Waals surface area contributed by atoms with Crippen LogP contribution in [0.2, 0.25) is 0 Å². The fraction of sp³-hybridized carbons (Fsp3) is 0.357. The molecule has 1 saturated heterocycles. The van der Waals surface area contributed by atoms with Crippen molar-refractivity contribution in [2.45, 2.75) is 18.9 Å². The third kappa shape index (κ3) is 2.92. The molecule has 2 heterocycles. The minimum absolute atomic E-state index is 0.271. The predicted molar refractivity (Wildman–Crippen MR) is 86.2 cm³/mol. The number of halogens is 1. The van der Waals surface area contributed by atoms with Crippen LogP contribution in [-0.2, 0) is 0 Å². The van der Waals surface area contributed by atoms with E-state index in [1.807, 2.05) is 0 Å². The lowest BCUT2D eigenvalue weighted by atomic mass is 10.1. The van der Waals surface area contributed by atoms with E-state index in [2.05, 4.69) is 68.0 Å². The van der Waals surface area contributed by atoms with Gasteiger partial charge in [0.25, 0.3) is 0 Å². The van der Waals surface area contributed by atoms with Crippen LogP contribution in [0.4, 0.5) is 5.82 Å². The summed E-state index contributed by atoms with van der Waals surface area (Å²) in [4.78, 5) is 2.26. The summed E-state index contributed by atoms with van der Waals surface area (Å²) in [6.07, 6.45) is 2.26. The first-order valence-corrected chi connectivity index (χ1v) is 7.62. The molecule has 1 aromatic carbocycles. The first-order chi connectivity index (χ1) is 9.22. The second-order valence-electron chi connectivity index (χ2n) is 5.00. The molecule has 1 aromatic heterocycles. The molecular weight excluding hydrogens is 351 g/mol. The summed E-state index contributed by atoms with van der Waals surface area (Å²) in [5.41, 5.74) is 8.24. The number of anilines is 1. The minimum Gasteiger partial charge on any atom is -0.354 e. The van der Waals surface area contributed by atoms with Crippen molar-refractivity contribution in [3.8, 4) is 11.3 Å². The van der Waals surface area contributed by atoms with Crippen molar-refractivity contribution in [2.75, 3.05) is 18.0 Å². The van der Waals surface area contributed by atoms with Crippen LogP contribution in [-0.4, -0.2) is 29.3 Å². The fourth-order valence-corrected chi connectivity index (χ4v) is 2.83. The van der Waals surface area contributed by atoms with Crippen LogP contribution in [0.25, 0.3) is 11.3 Å². The van der Waals surface area contributed by atoms with Crippen molar-refractivity contribution in [3.63, 3.8) is 0 Å². The van der Waals surface area contributed by atoms with E-state index >= 15 is 0 Å². The number of hydrogen-bond donors (Lipinski definition) is 2. The highest BCUT2D eigenvalue weighted by Crippen LogP contribution is 2.24. The summed E-state index contributed by atoms with van der Waals surface area (Å²) in [7, 11) is 0. The molecule has 0 radical (unpaired) electrons. The maximum atomic E-state index is 6.02. The van der Waals surface area contributed by atoms with Gasteiger partial charge in [-0.1, -0.05) is 12.1 Å². The molecule has 100 valence electrons. The summed E-state index contributed by atoms with van der Waals surface area (Å²) in [5.74, 6) is 1.00. The topological polar surface area (TPSA) is 57.9 Å². The number of nitrogens with two attached hydrogens (primary N) is 1. The summed E-state index contributed by atoms with van der Waals surface area (Å²) in [6, 6.07) is 10.8. The average molecular weight is 368 g/mol. The maximum Gasteiger partial charge on any atom is 0.151 e. The number of H-pyrrole nitrogens is 1. The molecule has 1 aliphatic heterocycles. The van der Waals surface area contributed by atoms with Gasteiger partial charge in [0, 0.05) is 28.8 Å². The zero-order valence-corrected chi connectivity index (χ0v) is 12.8. The number of nitrogens with zero attached hydrogens (tertiary/aromatic N) is 2. The third-order valence-corrected chi connectivity index (χ3v) is 4.22. The van der Waals surface area contributed by atoms with Crippen molar-refractivity contribution >= 4 is 28.4 Å². The SMILES string of the molecule is NC1CCCN(c2cc(-c3ccc(I)cc3)[nH]n2)C1. The minimum atomic E-state index is 0.271. The summed E-state index contributed by atoms with van der Waals surface area (Å²) >= 11 is 2.31. The highest BCUT2D eigenvalue weighted by molar-refractivity contribution is 14.1. The van der Waals surface area contributed by atoms with E-state index < -0.39 is 0 Å². The van der Waals surface area contributed by atoms with Gasteiger partial charge in [-0.2, -0.15) is 5.10 Å². The van der Waals surface area contributed by atoms with Crippen LogP contribution in [0.1, 0.15) is 12.8 Å². The first kappa shape index (κ1) is 12.9. The van der Waals surface area contributed by atoms with Gasteiger partial charge in [-0.15, -0.1) is 0 Å². The van der Waals surface area contributed by atoms with Gasteiger partial charge in [-0.25, -0.2) is 0 Å². The number of piperidine rings is 1. The first-order valence-electron chi connectivity index (χ1n) is 6.54. The third-order valence-electron chi connectivity index (χ3n) is 3.50. The molecule has 0 amide bonds. The van der Waals surface area contributed by atoms with E-state index in [1.165, 1.54) is 9.13 Å². The van der Waals surface area contributed by atoms with Crippen LogP contribution in [0, 0.1) is 3.57 Å². The Hall–Kier alpha value is -1.08. The number of aromatic amines is 1. The van der Waals surface area contributed by atoms with Crippen molar-refractivity contribution in [3.05, 3.63) is 33.9 Å². The second kappa shape index (κ2) is 5.50. The van der Waals surface area contributed by atoms with E-state index in [0.29, 0.717) is 0 Å². The number of aromatic nitrogens is 2. The Morgan fingerprint density at radius 1 is 1.32 bits per heavy atom. The molecule has 3 rings (SSSR count). The highest BCUT2D eigenvalue weighted by atomic mass is 127. The predicted octanol–water partition coefficient (Wildman–Crippen LogP) is 2.61. The van der Waals surface area contributed by atoms with E-state index in [-0.39, 0.29) is 6.04 Å². The second-order valence-corrected chi connectivity index (χ2v) is 6.24. The molecule has 19 heavy (non-hydrogen) atoms. The largest absolute Gasteiger partial charge is 0.354 e. The lowest BCUT2D eigenvalue weighted by Gasteiger charge is -2.30. The maximum absolute atomic E-state index is 6.02. The Morgan fingerprint density at radius 3 is 2.84 bits per heavy atom. The molecule has 0 bridgehead atoms. The number of rotatable bonds is 2. The lowest BCUT2D eigenvalue weighted by Crippen LogP contribution is -2.43. The van der Waals surface area contributed by atoms with Crippen molar-refractivity contribution in [1.82, 2.24) is 10.2 Å². The average Bonchev–Trinajstić information content (AvgIpc) is 2.89. The van der Waals surface area contributed by atoms with Crippen LogP contribution >= 0.6 is 22.6 Å². The Kier molecular flexibility index (Phi) is 3.74. The quantitative estimate of drug-likeness (QED) is 0.802. The van der Waals surface area contributed by atoms with Gasteiger partial charge in [-0.05, 0) is 53.1 Å². The van der Waals surface area contributed by atoms with Crippen molar-refractivity contribution < 1.29 is 0 Å². The molecular formula is C14H17IN4. The van der Waals surface area contributed by atoms with Gasteiger partial charge in [0.15, 0.2) is 5.82 Å². The Morgan fingerprint density at radius 2 is 2.11 bits per heavy atom. The molecule has 0 aliphatic carbocycles. The summed E-state index contributed by atoms with van der Waals surface area (Å²) in [5, 5.41) is 7.54. The normalized spacial score (nSPS) is 19.7. The molecule has 0 saturated carbocycles. The van der Waals surface area contributed by atoms with Gasteiger partial charge in [0.05, 0.1) is 5.69 Å². The van der Waals surface area contributed by atoms with Crippen LogP contribution in [0.3, 0.4) is 0 Å². The zero-order chi connectivity index (χ0) is 13.2. The molecule has 1 aliphatic rings. The number of nitrogens with one attached hydrogen (secondary N) is 1. The van der Waals surface area contributed by atoms with Crippen LogP contribution in [0.15, 0.2) is 30.3 Å². The van der Waals surface area contributed by atoms with Crippen LogP contribution < -0.4 is 10.6 Å². The van der Waals surface area contributed by atoms with E-state index in [1.54, 1.807) is 0 Å². The molecule has 1 fully saturated rings. The number of benzene rings is 1. The lowest BCUT2D eigenvalue weighted by molar-refractivity contribution is 0.503.